The van der Waals surface area contributed by atoms with Crippen molar-refractivity contribution in [1.82, 2.24) is 25.1 Å². The molecule has 18 heavy (non-hydrogen) atoms. The number of carbonyl (C=O) groups excluding carboxylic acids is 1. The van der Waals surface area contributed by atoms with Gasteiger partial charge in [-0.25, -0.2) is 4.98 Å². The third-order valence-electron chi connectivity index (χ3n) is 3.12. The largest absolute Gasteiger partial charge is 0.355 e. The fourth-order valence-corrected chi connectivity index (χ4v) is 2.03. The highest BCUT2D eigenvalue weighted by atomic mass is 16.1. The van der Waals surface area contributed by atoms with Crippen LogP contribution in [0, 0.1) is 0 Å². The maximum Gasteiger partial charge on any atom is 0.221 e. The predicted molar refractivity (Wildman–Crippen MR) is 69.2 cm³/mol. The minimum atomic E-state index is 0.110. The van der Waals surface area contributed by atoms with E-state index in [0.717, 1.165) is 39.3 Å². The SMILES string of the molecule is O=C(CCn1ccnc1)NCCN1CCNCC1. The number of hydrogen-bond donors (Lipinski definition) is 2. The van der Waals surface area contributed by atoms with Crippen molar-refractivity contribution in [1.29, 1.82) is 0 Å². The molecule has 0 spiro atoms. The first-order chi connectivity index (χ1) is 8.84. The topological polar surface area (TPSA) is 62.2 Å². The molecular weight excluding hydrogens is 230 g/mol. The molecule has 1 amide bonds. The third kappa shape index (κ3) is 4.46. The summed E-state index contributed by atoms with van der Waals surface area (Å²) in [6, 6.07) is 0. The lowest BCUT2D eigenvalue weighted by atomic mass is 10.3. The molecule has 0 radical (unpaired) electrons. The molecule has 6 nitrogen and oxygen atoms in total. The van der Waals surface area contributed by atoms with E-state index >= 15 is 0 Å². The van der Waals surface area contributed by atoms with Crippen molar-refractivity contribution in [3.8, 4) is 0 Å². The highest BCUT2D eigenvalue weighted by Crippen LogP contribution is 1.92. The van der Waals surface area contributed by atoms with Crippen LogP contribution in [0.5, 0.6) is 0 Å². The Bertz CT molecular complexity index is 345. The van der Waals surface area contributed by atoms with E-state index in [9.17, 15) is 4.79 Å². The molecule has 100 valence electrons. The zero-order chi connectivity index (χ0) is 12.6. The van der Waals surface area contributed by atoms with Gasteiger partial charge in [0.05, 0.1) is 6.33 Å². The van der Waals surface area contributed by atoms with Crippen molar-refractivity contribution in [3.05, 3.63) is 18.7 Å². The molecule has 1 saturated heterocycles. The molecule has 0 aromatic carbocycles. The van der Waals surface area contributed by atoms with Gasteiger partial charge in [-0.2, -0.15) is 0 Å². The first kappa shape index (κ1) is 13.0. The maximum atomic E-state index is 11.6. The zero-order valence-corrected chi connectivity index (χ0v) is 10.6. The summed E-state index contributed by atoms with van der Waals surface area (Å²) in [7, 11) is 0. The van der Waals surface area contributed by atoms with Crippen LogP contribution in [0.3, 0.4) is 0 Å². The van der Waals surface area contributed by atoms with Crippen molar-refractivity contribution in [2.75, 3.05) is 39.3 Å². The minimum absolute atomic E-state index is 0.110. The lowest BCUT2D eigenvalue weighted by Gasteiger charge is -2.27. The molecule has 0 bridgehead atoms. The van der Waals surface area contributed by atoms with E-state index in [0.29, 0.717) is 13.0 Å². The van der Waals surface area contributed by atoms with Crippen LogP contribution in [0.25, 0.3) is 0 Å². The summed E-state index contributed by atoms with van der Waals surface area (Å²) in [6.07, 6.45) is 5.84. The summed E-state index contributed by atoms with van der Waals surface area (Å²) in [5, 5.41) is 6.27. The van der Waals surface area contributed by atoms with Crippen molar-refractivity contribution >= 4 is 5.91 Å². The third-order valence-corrected chi connectivity index (χ3v) is 3.12. The van der Waals surface area contributed by atoms with Gasteiger partial charge in [-0.15, -0.1) is 0 Å². The highest BCUT2D eigenvalue weighted by molar-refractivity contribution is 5.75. The lowest BCUT2D eigenvalue weighted by molar-refractivity contribution is -0.121. The number of amides is 1. The fraction of sp³-hybridized carbons (Fsp3) is 0.667. The molecule has 6 heteroatoms. The summed E-state index contributed by atoms with van der Waals surface area (Å²) >= 11 is 0. The predicted octanol–water partition coefficient (Wildman–Crippen LogP) is -0.705. The maximum absolute atomic E-state index is 11.6. The van der Waals surface area contributed by atoms with E-state index in [-0.39, 0.29) is 5.91 Å². The summed E-state index contributed by atoms with van der Waals surface area (Å²) in [4.78, 5) is 17.9. The molecule has 0 aliphatic carbocycles. The van der Waals surface area contributed by atoms with E-state index in [1.54, 1.807) is 12.5 Å². The van der Waals surface area contributed by atoms with Crippen LogP contribution in [-0.2, 0) is 11.3 Å². The number of rotatable bonds is 6. The van der Waals surface area contributed by atoms with Gasteiger partial charge < -0.3 is 15.2 Å². The second kappa shape index (κ2) is 7.13. The molecule has 1 aliphatic rings. The summed E-state index contributed by atoms with van der Waals surface area (Å²) in [5.41, 5.74) is 0. The van der Waals surface area contributed by atoms with Crippen molar-refractivity contribution in [3.63, 3.8) is 0 Å². The van der Waals surface area contributed by atoms with Crippen LogP contribution in [-0.4, -0.2) is 59.6 Å². The molecule has 1 aromatic heterocycles. The Labute approximate surface area is 107 Å². The van der Waals surface area contributed by atoms with Crippen molar-refractivity contribution in [2.24, 2.45) is 0 Å². The molecule has 2 N–H and O–H groups in total. The highest BCUT2D eigenvalue weighted by Gasteiger charge is 2.09. The Morgan fingerprint density at radius 3 is 2.89 bits per heavy atom. The zero-order valence-electron chi connectivity index (χ0n) is 10.6. The Kier molecular flexibility index (Phi) is 5.16. The summed E-state index contributed by atoms with van der Waals surface area (Å²) < 4.78 is 1.91. The van der Waals surface area contributed by atoms with Crippen LogP contribution < -0.4 is 10.6 Å². The Morgan fingerprint density at radius 1 is 1.33 bits per heavy atom. The second-order valence-electron chi connectivity index (χ2n) is 4.49. The molecule has 2 heterocycles. The normalized spacial score (nSPS) is 16.7. The van der Waals surface area contributed by atoms with Gasteiger partial charge in [0.1, 0.15) is 0 Å². The van der Waals surface area contributed by atoms with Crippen LogP contribution in [0.1, 0.15) is 6.42 Å². The van der Waals surface area contributed by atoms with E-state index in [1.165, 1.54) is 0 Å². The monoisotopic (exact) mass is 251 g/mol. The van der Waals surface area contributed by atoms with Gasteiger partial charge >= 0.3 is 0 Å². The standard InChI is InChI=1S/C12H21N5O/c18-12(1-6-17-9-4-14-11-17)15-5-10-16-7-2-13-3-8-16/h4,9,11,13H,1-3,5-8,10H2,(H,15,18). The number of aryl methyl sites for hydroxylation is 1. The van der Waals surface area contributed by atoms with E-state index in [2.05, 4.69) is 20.5 Å². The molecular formula is C12H21N5O. The van der Waals surface area contributed by atoms with Gasteiger partial charge in [-0.3, -0.25) is 9.69 Å². The molecule has 1 fully saturated rings. The van der Waals surface area contributed by atoms with Gasteiger partial charge in [0, 0.05) is 64.6 Å². The van der Waals surface area contributed by atoms with Gasteiger partial charge in [0.2, 0.25) is 5.91 Å². The molecule has 1 aliphatic heterocycles. The Hall–Kier alpha value is -1.40. The summed E-state index contributed by atoms with van der Waals surface area (Å²) in [6.45, 7) is 6.62. The van der Waals surface area contributed by atoms with Gasteiger partial charge in [-0.1, -0.05) is 0 Å². The first-order valence-corrected chi connectivity index (χ1v) is 6.50. The van der Waals surface area contributed by atoms with Crippen LogP contribution in [0.2, 0.25) is 0 Å². The molecule has 1 aromatic rings. The van der Waals surface area contributed by atoms with E-state index < -0.39 is 0 Å². The van der Waals surface area contributed by atoms with Gasteiger partial charge in [-0.05, 0) is 0 Å². The number of aromatic nitrogens is 2. The van der Waals surface area contributed by atoms with Crippen molar-refractivity contribution < 1.29 is 4.79 Å². The van der Waals surface area contributed by atoms with E-state index in [1.807, 2.05) is 10.8 Å². The Morgan fingerprint density at radius 2 is 2.17 bits per heavy atom. The minimum Gasteiger partial charge on any atom is -0.355 e. The van der Waals surface area contributed by atoms with Crippen molar-refractivity contribution in [2.45, 2.75) is 13.0 Å². The summed E-state index contributed by atoms with van der Waals surface area (Å²) in [5.74, 6) is 0.110. The molecule has 0 atom stereocenters. The number of hydrogen-bond acceptors (Lipinski definition) is 4. The average molecular weight is 251 g/mol. The number of nitrogens with zero attached hydrogens (tertiary/aromatic N) is 3. The first-order valence-electron chi connectivity index (χ1n) is 6.50. The van der Waals surface area contributed by atoms with Crippen LogP contribution in [0.4, 0.5) is 0 Å². The molecule has 2 rings (SSSR count). The number of imidazole rings is 1. The fourth-order valence-electron chi connectivity index (χ4n) is 2.03. The van der Waals surface area contributed by atoms with Gasteiger partial charge in [0.25, 0.3) is 0 Å². The molecule has 0 saturated carbocycles. The van der Waals surface area contributed by atoms with E-state index in [4.69, 9.17) is 0 Å². The smallest absolute Gasteiger partial charge is 0.221 e. The quantitative estimate of drug-likeness (QED) is 0.701. The van der Waals surface area contributed by atoms with Gasteiger partial charge in [0.15, 0.2) is 0 Å². The number of piperazine rings is 1. The number of carbonyl (C=O) groups is 1. The average Bonchev–Trinajstić information content (AvgIpc) is 2.91. The van der Waals surface area contributed by atoms with Crippen LogP contribution >= 0.6 is 0 Å². The van der Waals surface area contributed by atoms with Crippen LogP contribution in [0.15, 0.2) is 18.7 Å². The number of nitrogens with one attached hydrogen (secondary N) is 2. The molecule has 0 unspecified atom stereocenters. The lowest BCUT2D eigenvalue weighted by Crippen LogP contribution is -2.46. The second-order valence-corrected chi connectivity index (χ2v) is 4.49. The Balaban J connectivity index is 1.54.